The van der Waals surface area contributed by atoms with E-state index in [0.717, 1.165) is 36.6 Å². The van der Waals surface area contributed by atoms with E-state index >= 15 is 0 Å². The Hall–Kier alpha value is -2.05. The van der Waals surface area contributed by atoms with Crippen LogP contribution in [0.1, 0.15) is 23.6 Å². The first-order valence-electron chi connectivity index (χ1n) is 8.58. The van der Waals surface area contributed by atoms with Crippen molar-refractivity contribution in [3.8, 4) is 5.75 Å². The molecule has 0 unspecified atom stereocenters. The number of benzene rings is 1. The zero-order valence-corrected chi connectivity index (χ0v) is 17.6. The predicted octanol–water partition coefficient (Wildman–Crippen LogP) is 2.65. The molecule has 1 aromatic carbocycles. The number of nitrogens with zero attached hydrogens (tertiary/aromatic N) is 4. The minimum Gasteiger partial charge on any atom is -0.484 e. The molecule has 154 valence electrons. The van der Waals surface area contributed by atoms with Crippen LogP contribution in [0.25, 0.3) is 0 Å². The first-order chi connectivity index (χ1) is 12.9. The summed E-state index contributed by atoms with van der Waals surface area (Å²) < 4.78 is 43.3. The van der Waals surface area contributed by atoms with Gasteiger partial charge in [0.2, 0.25) is 0 Å². The average molecular weight is 510 g/mol. The van der Waals surface area contributed by atoms with E-state index in [2.05, 4.69) is 30.4 Å². The molecule has 0 radical (unpaired) electrons. The topological polar surface area (TPSA) is 76.4 Å². The first kappa shape index (κ1) is 22.2. The lowest BCUT2D eigenvalue weighted by Gasteiger charge is -2.13. The minimum atomic E-state index is -4.34. The number of aryl methyl sites for hydroxylation is 1. The van der Waals surface area contributed by atoms with Gasteiger partial charge in [-0.3, -0.25) is 4.99 Å². The fourth-order valence-corrected chi connectivity index (χ4v) is 2.78. The van der Waals surface area contributed by atoms with Crippen LogP contribution in [-0.4, -0.2) is 40.6 Å². The van der Waals surface area contributed by atoms with Gasteiger partial charge in [-0.15, -0.1) is 34.2 Å². The Bertz CT molecular complexity index is 791. The van der Waals surface area contributed by atoms with Gasteiger partial charge in [-0.2, -0.15) is 13.2 Å². The molecule has 2 heterocycles. The van der Waals surface area contributed by atoms with Crippen LogP contribution in [0.3, 0.4) is 0 Å². The molecule has 0 atom stereocenters. The summed E-state index contributed by atoms with van der Waals surface area (Å²) in [5.74, 6) is 2.67. The molecule has 0 saturated heterocycles. The fourth-order valence-electron chi connectivity index (χ4n) is 2.78. The molecule has 2 aromatic rings. The third-order valence-electron chi connectivity index (χ3n) is 4.11. The van der Waals surface area contributed by atoms with Crippen molar-refractivity contribution in [3.63, 3.8) is 0 Å². The summed E-state index contributed by atoms with van der Waals surface area (Å²) in [7, 11) is 1.66. The van der Waals surface area contributed by atoms with Crippen molar-refractivity contribution in [2.24, 2.45) is 4.99 Å². The second kappa shape index (κ2) is 9.94. The van der Waals surface area contributed by atoms with Gasteiger partial charge in [-0.05, 0) is 24.1 Å². The first-order valence-corrected chi connectivity index (χ1v) is 8.58. The Morgan fingerprint density at radius 3 is 2.57 bits per heavy atom. The summed E-state index contributed by atoms with van der Waals surface area (Å²) in [6, 6.07) is 6.44. The largest absolute Gasteiger partial charge is 0.484 e. The molecule has 0 fully saturated rings. The van der Waals surface area contributed by atoms with Crippen LogP contribution >= 0.6 is 24.0 Å². The van der Waals surface area contributed by atoms with Crippen molar-refractivity contribution >= 4 is 29.9 Å². The zero-order chi connectivity index (χ0) is 19.3. The quantitative estimate of drug-likeness (QED) is 0.355. The van der Waals surface area contributed by atoms with E-state index in [1.807, 2.05) is 0 Å². The van der Waals surface area contributed by atoms with E-state index in [1.54, 1.807) is 19.2 Å². The van der Waals surface area contributed by atoms with Crippen LogP contribution in [-0.2, 0) is 26.1 Å². The molecule has 1 aliphatic heterocycles. The number of rotatable bonds is 6. The Morgan fingerprint density at radius 1 is 1.18 bits per heavy atom. The summed E-state index contributed by atoms with van der Waals surface area (Å²) in [6.45, 7) is 0.621. The molecule has 7 nitrogen and oxygen atoms in total. The summed E-state index contributed by atoms with van der Waals surface area (Å²) in [6.07, 6.45) is -2.29. The highest BCUT2D eigenvalue weighted by atomic mass is 127. The smallest absolute Gasteiger partial charge is 0.422 e. The number of hydrogen-bond acceptors (Lipinski definition) is 4. The van der Waals surface area contributed by atoms with Crippen molar-refractivity contribution in [1.29, 1.82) is 0 Å². The SMILES string of the molecule is CN=C(NCc1ccc(OCC(F)(F)F)cc1)NCc1nnc2n1CCC2.I. The maximum Gasteiger partial charge on any atom is 0.422 e. The number of aromatic nitrogens is 3. The van der Waals surface area contributed by atoms with Crippen LogP contribution in [0.15, 0.2) is 29.3 Å². The van der Waals surface area contributed by atoms with Crippen LogP contribution < -0.4 is 15.4 Å². The van der Waals surface area contributed by atoms with Crippen molar-refractivity contribution in [2.45, 2.75) is 38.7 Å². The molecule has 0 saturated carbocycles. The normalized spacial score (nSPS) is 13.6. The lowest BCUT2D eigenvalue weighted by molar-refractivity contribution is -0.153. The third-order valence-corrected chi connectivity index (χ3v) is 4.11. The number of alkyl halides is 3. The summed E-state index contributed by atoms with van der Waals surface area (Å²) in [5, 5.41) is 14.7. The third kappa shape index (κ3) is 6.24. The molecule has 0 aliphatic carbocycles. The zero-order valence-electron chi connectivity index (χ0n) is 15.3. The van der Waals surface area contributed by atoms with Crippen molar-refractivity contribution in [2.75, 3.05) is 13.7 Å². The van der Waals surface area contributed by atoms with Gasteiger partial charge in [0, 0.05) is 26.6 Å². The Morgan fingerprint density at radius 2 is 1.89 bits per heavy atom. The van der Waals surface area contributed by atoms with Gasteiger partial charge in [0.15, 0.2) is 18.4 Å². The van der Waals surface area contributed by atoms with E-state index < -0.39 is 12.8 Å². The van der Waals surface area contributed by atoms with Gasteiger partial charge in [0.25, 0.3) is 0 Å². The van der Waals surface area contributed by atoms with E-state index in [4.69, 9.17) is 4.74 Å². The van der Waals surface area contributed by atoms with Gasteiger partial charge < -0.3 is 19.9 Å². The number of ether oxygens (including phenoxy) is 1. The van der Waals surface area contributed by atoms with Gasteiger partial charge in [-0.25, -0.2) is 0 Å². The predicted molar refractivity (Wildman–Crippen MR) is 109 cm³/mol. The molecular weight excluding hydrogens is 488 g/mol. The molecule has 1 aliphatic rings. The molecule has 0 amide bonds. The van der Waals surface area contributed by atoms with Crippen molar-refractivity contribution in [3.05, 3.63) is 41.5 Å². The van der Waals surface area contributed by atoms with E-state index in [9.17, 15) is 13.2 Å². The monoisotopic (exact) mass is 510 g/mol. The molecule has 0 bridgehead atoms. The van der Waals surface area contributed by atoms with E-state index in [-0.39, 0.29) is 29.7 Å². The second-order valence-electron chi connectivity index (χ2n) is 6.11. The van der Waals surface area contributed by atoms with Crippen LogP contribution in [0.4, 0.5) is 13.2 Å². The maximum absolute atomic E-state index is 12.2. The van der Waals surface area contributed by atoms with Gasteiger partial charge in [0.1, 0.15) is 11.6 Å². The number of halogens is 4. The second-order valence-corrected chi connectivity index (χ2v) is 6.11. The van der Waals surface area contributed by atoms with Crippen LogP contribution in [0.5, 0.6) is 5.75 Å². The van der Waals surface area contributed by atoms with Crippen LogP contribution in [0, 0.1) is 0 Å². The minimum absolute atomic E-state index is 0. The molecule has 28 heavy (non-hydrogen) atoms. The molecule has 11 heteroatoms. The maximum atomic E-state index is 12.2. The Balaban J connectivity index is 0.00000280. The lowest BCUT2D eigenvalue weighted by atomic mass is 10.2. The van der Waals surface area contributed by atoms with Crippen LogP contribution in [0.2, 0.25) is 0 Å². The fraction of sp³-hybridized carbons (Fsp3) is 0.471. The highest BCUT2D eigenvalue weighted by Crippen LogP contribution is 2.19. The molecule has 0 spiro atoms. The standard InChI is InChI=1S/C17H21F3N6O.HI/c1-21-16(23-10-15-25-24-14-3-2-8-26(14)15)22-9-12-4-6-13(7-5-12)27-11-17(18,19)20;/h4-7H,2-3,8-11H2,1H3,(H2,21,22,23);1H. The van der Waals surface area contributed by atoms with Crippen molar-refractivity contribution < 1.29 is 17.9 Å². The molecule has 3 rings (SSSR count). The number of hydrogen-bond donors (Lipinski definition) is 2. The lowest BCUT2D eigenvalue weighted by Crippen LogP contribution is -2.37. The Labute approximate surface area is 177 Å². The highest BCUT2D eigenvalue weighted by molar-refractivity contribution is 14.0. The number of nitrogens with one attached hydrogen (secondary N) is 2. The molecule has 1 aromatic heterocycles. The number of aliphatic imine (C=N–C) groups is 1. The highest BCUT2D eigenvalue weighted by Gasteiger charge is 2.28. The molecular formula is C17H22F3IN6O. The average Bonchev–Trinajstić information content (AvgIpc) is 3.25. The summed E-state index contributed by atoms with van der Waals surface area (Å²) in [4.78, 5) is 4.16. The number of guanidine groups is 1. The number of fused-ring (bicyclic) bond motifs is 1. The van der Waals surface area contributed by atoms with E-state index in [1.165, 1.54) is 12.1 Å². The Kier molecular flexibility index (Phi) is 7.89. The summed E-state index contributed by atoms with van der Waals surface area (Å²) >= 11 is 0. The summed E-state index contributed by atoms with van der Waals surface area (Å²) in [5.41, 5.74) is 0.890. The molecule has 2 N–H and O–H groups in total. The van der Waals surface area contributed by atoms with Crippen molar-refractivity contribution in [1.82, 2.24) is 25.4 Å². The van der Waals surface area contributed by atoms with Gasteiger partial charge in [-0.1, -0.05) is 12.1 Å². The van der Waals surface area contributed by atoms with Gasteiger partial charge >= 0.3 is 6.18 Å². The van der Waals surface area contributed by atoms with Gasteiger partial charge in [0.05, 0.1) is 6.54 Å². The van der Waals surface area contributed by atoms with E-state index in [0.29, 0.717) is 19.0 Å².